The van der Waals surface area contributed by atoms with Crippen molar-refractivity contribution < 1.29 is 19.5 Å². The van der Waals surface area contributed by atoms with Crippen LogP contribution in [0.3, 0.4) is 0 Å². The van der Waals surface area contributed by atoms with Crippen LogP contribution in [0.25, 0.3) is 0 Å². The molecule has 0 heterocycles. The van der Waals surface area contributed by atoms with E-state index in [4.69, 9.17) is 9.47 Å². The van der Waals surface area contributed by atoms with Crippen LogP contribution in [0.2, 0.25) is 0 Å². The van der Waals surface area contributed by atoms with Crippen LogP contribution in [0.1, 0.15) is 37.7 Å². The van der Waals surface area contributed by atoms with Crippen molar-refractivity contribution >= 4 is 6.03 Å². The van der Waals surface area contributed by atoms with Crippen LogP contribution in [-0.4, -0.2) is 35.5 Å². The Kier molecular flexibility index (Phi) is 5.39. The van der Waals surface area contributed by atoms with E-state index < -0.39 is 0 Å². The van der Waals surface area contributed by atoms with E-state index in [0.29, 0.717) is 19.1 Å². The first-order chi connectivity index (χ1) is 13.6. The van der Waals surface area contributed by atoms with E-state index in [1.807, 2.05) is 49.4 Å². The van der Waals surface area contributed by atoms with Gasteiger partial charge in [0.05, 0.1) is 13.2 Å². The summed E-state index contributed by atoms with van der Waals surface area (Å²) in [5, 5.41) is 13.6. The molecular formula is C22H26N2O4. The van der Waals surface area contributed by atoms with Gasteiger partial charge in [-0.05, 0) is 80.0 Å². The van der Waals surface area contributed by atoms with Gasteiger partial charge in [-0.25, -0.2) is 9.86 Å². The normalized spacial score (nSPS) is 20.4. The molecule has 0 spiro atoms. The van der Waals surface area contributed by atoms with E-state index in [1.54, 1.807) is 0 Å². The maximum atomic E-state index is 11.9. The van der Waals surface area contributed by atoms with Crippen molar-refractivity contribution in [2.45, 2.75) is 38.1 Å². The average Bonchev–Trinajstić information content (AvgIpc) is 3.61. The Balaban J connectivity index is 1.32. The summed E-state index contributed by atoms with van der Waals surface area (Å²) < 4.78 is 11.4. The summed E-state index contributed by atoms with van der Waals surface area (Å²) in [5.74, 6) is 2.97. The van der Waals surface area contributed by atoms with E-state index >= 15 is 0 Å². The highest BCUT2D eigenvalue weighted by Gasteiger charge is 2.40. The van der Waals surface area contributed by atoms with Crippen molar-refractivity contribution in [3.63, 3.8) is 0 Å². The van der Waals surface area contributed by atoms with Crippen LogP contribution >= 0.6 is 0 Å². The minimum absolute atomic E-state index is 0.244. The second-order valence-electron chi connectivity index (χ2n) is 7.49. The van der Waals surface area contributed by atoms with Gasteiger partial charge in [0.1, 0.15) is 17.2 Å². The van der Waals surface area contributed by atoms with Gasteiger partial charge in [-0.15, -0.1) is 0 Å². The number of amides is 2. The van der Waals surface area contributed by atoms with Crippen molar-refractivity contribution in [3.05, 3.63) is 54.1 Å². The van der Waals surface area contributed by atoms with Crippen molar-refractivity contribution in [1.82, 2.24) is 10.4 Å². The number of hydrogen-bond donors (Lipinski definition) is 2. The van der Waals surface area contributed by atoms with Crippen LogP contribution in [0.4, 0.5) is 4.79 Å². The van der Waals surface area contributed by atoms with Crippen molar-refractivity contribution in [1.29, 1.82) is 0 Å². The maximum absolute atomic E-state index is 11.9. The lowest BCUT2D eigenvalue weighted by molar-refractivity contribution is -0.0470. The lowest BCUT2D eigenvalue weighted by Crippen LogP contribution is -2.40. The Labute approximate surface area is 165 Å². The molecule has 4 rings (SSSR count). The second kappa shape index (κ2) is 8.10. The third-order valence-electron chi connectivity index (χ3n) is 5.13. The van der Waals surface area contributed by atoms with Crippen molar-refractivity contribution in [2.24, 2.45) is 5.92 Å². The molecule has 6 nitrogen and oxygen atoms in total. The van der Waals surface area contributed by atoms with E-state index in [2.05, 4.69) is 11.4 Å². The highest BCUT2D eigenvalue weighted by molar-refractivity contribution is 5.73. The number of nitrogens with zero attached hydrogens (tertiary/aromatic N) is 1. The molecule has 148 valence electrons. The number of carbonyl (C=O) groups is 1. The van der Waals surface area contributed by atoms with Crippen molar-refractivity contribution in [3.8, 4) is 17.2 Å². The number of benzene rings is 2. The zero-order chi connectivity index (χ0) is 19.5. The zero-order valence-electron chi connectivity index (χ0n) is 16.0. The molecule has 0 aliphatic heterocycles. The van der Waals surface area contributed by atoms with Crippen LogP contribution in [-0.2, 0) is 0 Å². The van der Waals surface area contributed by atoms with E-state index in [0.717, 1.165) is 41.6 Å². The second-order valence-corrected chi connectivity index (χ2v) is 7.49. The van der Waals surface area contributed by atoms with E-state index in [1.165, 1.54) is 5.56 Å². The molecule has 2 aliphatic rings. The molecular weight excluding hydrogens is 356 g/mol. The van der Waals surface area contributed by atoms with Gasteiger partial charge < -0.3 is 14.8 Å². The van der Waals surface area contributed by atoms with Gasteiger partial charge in [0, 0.05) is 6.04 Å². The first-order valence-electron chi connectivity index (χ1n) is 9.90. The molecule has 0 bridgehead atoms. The Morgan fingerprint density at radius 3 is 2.61 bits per heavy atom. The van der Waals surface area contributed by atoms with Crippen LogP contribution in [0.5, 0.6) is 17.2 Å². The number of carbonyl (C=O) groups excluding carboxylic acids is 1. The van der Waals surface area contributed by atoms with Crippen LogP contribution < -0.4 is 14.8 Å². The van der Waals surface area contributed by atoms with Gasteiger partial charge in [-0.1, -0.05) is 12.1 Å². The van der Waals surface area contributed by atoms with Gasteiger partial charge in [-0.2, -0.15) is 0 Å². The fraction of sp³-hybridized carbons (Fsp3) is 0.409. The molecule has 2 atom stereocenters. The van der Waals surface area contributed by atoms with Gasteiger partial charge in [-0.3, -0.25) is 5.21 Å². The summed E-state index contributed by atoms with van der Waals surface area (Å²) in [7, 11) is 0. The number of rotatable bonds is 8. The zero-order valence-corrected chi connectivity index (χ0v) is 16.0. The third-order valence-corrected chi connectivity index (χ3v) is 5.13. The Morgan fingerprint density at radius 1 is 1.14 bits per heavy atom. The monoisotopic (exact) mass is 382 g/mol. The lowest BCUT2D eigenvalue weighted by atomic mass is 10.1. The molecule has 28 heavy (non-hydrogen) atoms. The molecule has 2 amide bonds. The summed E-state index contributed by atoms with van der Waals surface area (Å²) in [6.07, 6.45) is 2.97. The Morgan fingerprint density at radius 2 is 1.89 bits per heavy atom. The molecule has 0 radical (unpaired) electrons. The predicted molar refractivity (Wildman–Crippen MR) is 105 cm³/mol. The molecule has 0 aromatic heterocycles. The number of hydrogen-bond acceptors (Lipinski definition) is 4. The molecule has 2 aliphatic carbocycles. The fourth-order valence-corrected chi connectivity index (χ4v) is 3.35. The standard InChI is InChI=1S/C22H26N2O4/c1-2-27-18-8-10-19(11-9-18)28-20-5-3-4-15(12-20)21-13-16(21)14-24(26)22(25)23-17-6-7-17/h3-5,8-12,16-17,21,26H,2,6-7,13-14H2,1H3,(H,23,25). The first-order valence-corrected chi connectivity index (χ1v) is 9.90. The molecule has 2 saturated carbocycles. The summed E-state index contributed by atoms with van der Waals surface area (Å²) in [6.45, 7) is 2.95. The Hall–Kier alpha value is -2.73. The summed E-state index contributed by atoms with van der Waals surface area (Å²) in [4.78, 5) is 11.9. The molecule has 0 saturated heterocycles. The van der Waals surface area contributed by atoms with E-state index in [-0.39, 0.29) is 18.0 Å². The molecule has 2 aromatic carbocycles. The average molecular weight is 382 g/mol. The minimum atomic E-state index is -0.388. The highest BCUT2D eigenvalue weighted by Crippen LogP contribution is 2.48. The first kappa shape index (κ1) is 18.6. The third kappa shape index (κ3) is 4.75. The van der Waals surface area contributed by atoms with Gasteiger partial charge in [0.15, 0.2) is 0 Å². The van der Waals surface area contributed by atoms with Crippen LogP contribution in [0.15, 0.2) is 48.5 Å². The number of ether oxygens (including phenoxy) is 2. The highest BCUT2D eigenvalue weighted by atomic mass is 16.5. The number of nitrogens with one attached hydrogen (secondary N) is 1. The predicted octanol–water partition coefficient (Wildman–Crippen LogP) is 4.54. The van der Waals surface area contributed by atoms with Crippen LogP contribution in [0, 0.1) is 5.92 Å². The number of hydroxylamine groups is 2. The SMILES string of the molecule is CCOc1ccc(Oc2cccc(C3CC3CN(O)C(=O)NC3CC3)c2)cc1. The maximum Gasteiger partial charge on any atom is 0.341 e. The molecule has 2 unspecified atom stereocenters. The van der Waals surface area contributed by atoms with Gasteiger partial charge in [0.2, 0.25) is 0 Å². The Bertz CT molecular complexity index is 820. The smallest absolute Gasteiger partial charge is 0.341 e. The lowest BCUT2D eigenvalue weighted by Gasteiger charge is -2.15. The summed E-state index contributed by atoms with van der Waals surface area (Å²) in [6, 6.07) is 15.4. The number of urea groups is 1. The minimum Gasteiger partial charge on any atom is -0.494 e. The molecule has 2 fully saturated rings. The fourth-order valence-electron chi connectivity index (χ4n) is 3.35. The van der Waals surface area contributed by atoms with Gasteiger partial charge >= 0.3 is 6.03 Å². The van der Waals surface area contributed by atoms with E-state index in [9.17, 15) is 10.0 Å². The quantitative estimate of drug-likeness (QED) is 0.519. The van der Waals surface area contributed by atoms with Gasteiger partial charge in [0.25, 0.3) is 0 Å². The molecule has 6 heteroatoms. The largest absolute Gasteiger partial charge is 0.494 e. The molecule has 2 aromatic rings. The topological polar surface area (TPSA) is 71.0 Å². The van der Waals surface area contributed by atoms with Crippen molar-refractivity contribution in [2.75, 3.05) is 13.2 Å². The summed E-state index contributed by atoms with van der Waals surface area (Å²) in [5.41, 5.74) is 1.17. The molecule has 2 N–H and O–H groups in total. The summed E-state index contributed by atoms with van der Waals surface area (Å²) >= 11 is 0.